The molecule has 0 aliphatic heterocycles. The van der Waals surface area contributed by atoms with Crippen molar-refractivity contribution in [3.8, 4) is 0 Å². The minimum Gasteiger partial charge on any atom is -0.398 e. The molecule has 3 rings (SSSR count). The molecule has 1 heterocycles. The summed E-state index contributed by atoms with van der Waals surface area (Å²) in [5.74, 6) is -0.0682. The molecular weight excluding hydrogens is 286 g/mol. The summed E-state index contributed by atoms with van der Waals surface area (Å²) in [7, 11) is 0. The van der Waals surface area contributed by atoms with Crippen molar-refractivity contribution in [2.24, 2.45) is 0 Å². The van der Waals surface area contributed by atoms with Crippen LogP contribution in [0.4, 0.5) is 5.69 Å². The van der Waals surface area contributed by atoms with Gasteiger partial charge in [-0.15, -0.1) is 0 Å². The number of nitrogens with zero attached hydrogens (tertiary/aromatic N) is 2. The first-order valence-corrected chi connectivity index (χ1v) is 7.28. The molecule has 21 heavy (non-hydrogen) atoms. The van der Waals surface area contributed by atoms with Crippen LogP contribution >= 0.6 is 11.6 Å². The fourth-order valence-corrected chi connectivity index (χ4v) is 2.48. The Bertz CT molecular complexity index is 656. The Kier molecular flexibility index (Phi) is 3.80. The van der Waals surface area contributed by atoms with Crippen LogP contribution in [0.5, 0.6) is 0 Å². The Morgan fingerprint density at radius 2 is 2.19 bits per heavy atom. The van der Waals surface area contributed by atoms with E-state index in [0.29, 0.717) is 22.8 Å². The molecular formula is C16H16ClN3O. The zero-order valence-corrected chi connectivity index (χ0v) is 12.3. The Morgan fingerprint density at radius 3 is 2.86 bits per heavy atom. The highest BCUT2D eigenvalue weighted by atomic mass is 35.5. The number of halogens is 1. The standard InChI is InChI=1S/C16H16ClN3O/c17-12-3-6-15(18)14(8-12)16(21)20(13-4-5-13)10-11-2-1-7-19-9-11/h1-3,6-9,13H,4-5,10,18H2. The van der Waals surface area contributed by atoms with Crippen molar-refractivity contribution in [1.82, 2.24) is 9.88 Å². The third kappa shape index (κ3) is 3.16. The smallest absolute Gasteiger partial charge is 0.256 e. The maximum Gasteiger partial charge on any atom is 0.256 e. The highest BCUT2D eigenvalue weighted by Crippen LogP contribution is 2.31. The van der Waals surface area contributed by atoms with Gasteiger partial charge in [0.05, 0.1) is 5.56 Å². The summed E-state index contributed by atoms with van der Waals surface area (Å²) in [6.45, 7) is 0.545. The molecule has 0 unspecified atom stereocenters. The van der Waals surface area contributed by atoms with E-state index in [2.05, 4.69) is 4.98 Å². The molecule has 0 radical (unpaired) electrons. The number of hydrogen-bond donors (Lipinski definition) is 1. The number of amides is 1. The quantitative estimate of drug-likeness (QED) is 0.883. The van der Waals surface area contributed by atoms with E-state index in [1.165, 1.54) is 0 Å². The average molecular weight is 302 g/mol. The van der Waals surface area contributed by atoms with E-state index >= 15 is 0 Å². The van der Waals surface area contributed by atoms with Gasteiger partial charge in [0.1, 0.15) is 0 Å². The highest BCUT2D eigenvalue weighted by Gasteiger charge is 2.33. The lowest BCUT2D eigenvalue weighted by Gasteiger charge is -2.23. The molecule has 0 saturated heterocycles. The number of carbonyl (C=O) groups excluding carboxylic acids is 1. The van der Waals surface area contributed by atoms with Crippen molar-refractivity contribution in [3.63, 3.8) is 0 Å². The zero-order valence-electron chi connectivity index (χ0n) is 11.5. The third-order valence-corrected chi connectivity index (χ3v) is 3.81. The molecule has 1 aliphatic rings. The number of pyridine rings is 1. The summed E-state index contributed by atoms with van der Waals surface area (Å²) in [5, 5.41) is 0.518. The van der Waals surface area contributed by atoms with Crippen molar-refractivity contribution in [3.05, 3.63) is 58.9 Å². The number of anilines is 1. The first-order valence-electron chi connectivity index (χ1n) is 6.90. The first kappa shape index (κ1) is 13.9. The van der Waals surface area contributed by atoms with E-state index in [1.807, 2.05) is 17.0 Å². The van der Waals surface area contributed by atoms with Crippen LogP contribution < -0.4 is 5.73 Å². The van der Waals surface area contributed by atoms with E-state index in [4.69, 9.17) is 17.3 Å². The molecule has 1 fully saturated rings. The minimum absolute atomic E-state index is 0.0682. The minimum atomic E-state index is -0.0682. The molecule has 1 aromatic heterocycles. The molecule has 4 nitrogen and oxygen atoms in total. The average Bonchev–Trinajstić information content (AvgIpc) is 3.32. The lowest BCUT2D eigenvalue weighted by atomic mass is 10.1. The predicted octanol–water partition coefficient (Wildman–Crippen LogP) is 3.12. The van der Waals surface area contributed by atoms with Crippen LogP contribution in [-0.4, -0.2) is 21.8 Å². The molecule has 0 bridgehead atoms. The number of nitrogens with two attached hydrogens (primary N) is 1. The third-order valence-electron chi connectivity index (χ3n) is 3.57. The van der Waals surface area contributed by atoms with Crippen molar-refractivity contribution < 1.29 is 4.79 Å². The highest BCUT2D eigenvalue weighted by molar-refractivity contribution is 6.31. The summed E-state index contributed by atoms with van der Waals surface area (Å²) >= 11 is 5.98. The molecule has 2 N–H and O–H groups in total. The van der Waals surface area contributed by atoms with E-state index < -0.39 is 0 Å². The monoisotopic (exact) mass is 301 g/mol. The van der Waals surface area contributed by atoms with Gasteiger partial charge in [-0.25, -0.2) is 0 Å². The Labute approximate surface area is 128 Å². The van der Waals surface area contributed by atoms with E-state index in [1.54, 1.807) is 30.6 Å². The maximum absolute atomic E-state index is 12.8. The predicted molar refractivity (Wildman–Crippen MR) is 83.0 cm³/mol. The second kappa shape index (κ2) is 5.74. The topological polar surface area (TPSA) is 59.2 Å². The van der Waals surface area contributed by atoms with Crippen molar-refractivity contribution in [1.29, 1.82) is 0 Å². The van der Waals surface area contributed by atoms with Crippen LogP contribution in [0.3, 0.4) is 0 Å². The van der Waals surface area contributed by atoms with Crippen molar-refractivity contribution >= 4 is 23.2 Å². The SMILES string of the molecule is Nc1ccc(Cl)cc1C(=O)N(Cc1cccnc1)C1CC1. The number of hydrogen-bond acceptors (Lipinski definition) is 3. The van der Waals surface area contributed by atoms with Gasteiger partial charge in [-0.2, -0.15) is 0 Å². The summed E-state index contributed by atoms with van der Waals surface area (Å²) in [5.41, 5.74) is 7.87. The molecule has 108 valence electrons. The van der Waals surface area contributed by atoms with Crippen LogP contribution in [0.1, 0.15) is 28.8 Å². The van der Waals surface area contributed by atoms with Crippen molar-refractivity contribution in [2.45, 2.75) is 25.4 Å². The largest absolute Gasteiger partial charge is 0.398 e. The lowest BCUT2D eigenvalue weighted by Crippen LogP contribution is -2.33. The van der Waals surface area contributed by atoms with Gasteiger partial charge in [-0.1, -0.05) is 17.7 Å². The van der Waals surface area contributed by atoms with E-state index in [-0.39, 0.29) is 11.9 Å². The van der Waals surface area contributed by atoms with Gasteiger partial charge >= 0.3 is 0 Å². The van der Waals surface area contributed by atoms with Crippen LogP contribution in [0.15, 0.2) is 42.7 Å². The summed E-state index contributed by atoms with van der Waals surface area (Å²) in [6.07, 6.45) is 5.57. The molecule has 1 aliphatic carbocycles. The number of carbonyl (C=O) groups is 1. The molecule has 0 atom stereocenters. The summed E-state index contributed by atoms with van der Waals surface area (Å²) in [4.78, 5) is 18.7. The normalized spacial score (nSPS) is 14.0. The van der Waals surface area contributed by atoms with Crippen molar-refractivity contribution in [2.75, 3.05) is 5.73 Å². The van der Waals surface area contributed by atoms with Crippen LogP contribution in [-0.2, 0) is 6.54 Å². The number of rotatable bonds is 4. The summed E-state index contributed by atoms with van der Waals surface area (Å²) in [6, 6.07) is 9.13. The fraction of sp³-hybridized carbons (Fsp3) is 0.250. The Morgan fingerprint density at radius 1 is 1.38 bits per heavy atom. The Hall–Kier alpha value is -2.07. The number of aromatic nitrogens is 1. The lowest BCUT2D eigenvalue weighted by molar-refractivity contribution is 0.0731. The first-order chi connectivity index (χ1) is 10.1. The molecule has 0 spiro atoms. The Balaban J connectivity index is 1.87. The van der Waals surface area contributed by atoms with Gasteiger partial charge in [0.25, 0.3) is 5.91 Å². The van der Waals surface area contributed by atoms with Crippen LogP contribution in [0, 0.1) is 0 Å². The molecule has 1 amide bonds. The number of nitrogen functional groups attached to an aromatic ring is 1. The van der Waals surface area contributed by atoms with E-state index in [9.17, 15) is 4.79 Å². The second-order valence-electron chi connectivity index (χ2n) is 5.26. The maximum atomic E-state index is 12.8. The van der Waals surface area contributed by atoms with Gasteiger partial charge in [0.2, 0.25) is 0 Å². The van der Waals surface area contributed by atoms with Gasteiger partial charge in [-0.05, 0) is 42.7 Å². The zero-order chi connectivity index (χ0) is 14.8. The van der Waals surface area contributed by atoms with Gasteiger partial charge in [0.15, 0.2) is 0 Å². The summed E-state index contributed by atoms with van der Waals surface area (Å²) < 4.78 is 0. The van der Waals surface area contributed by atoms with Crippen LogP contribution in [0.2, 0.25) is 5.02 Å². The molecule has 2 aromatic rings. The molecule has 1 aromatic carbocycles. The number of benzene rings is 1. The van der Waals surface area contributed by atoms with E-state index in [0.717, 1.165) is 18.4 Å². The molecule has 5 heteroatoms. The van der Waals surface area contributed by atoms with Gasteiger partial charge in [0, 0.05) is 35.7 Å². The molecule has 1 saturated carbocycles. The van der Waals surface area contributed by atoms with Gasteiger partial charge in [-0.3, -0.25) is 9.78 Å². The second-order valence-corrected chi connectivity index (χ2v) is 5.69. The van der Waals surface area contributed by atoms with Gasteiger partial charge < -0.3 is 10.6 Å². The fourth-order valence-electron chi connectivity index (χ4n) is 2.31. The van der Waals surface area contributed by atoms with Crippen LogP contribution in [0.25, 0.3) is 0 Å².